The van der Waals surface area contributed by atoms with Crippen LogP contribution in [-0.4, -0.2) is 51.0 Å². The van der Waals surface area contributed by atoms with E-state index in [0.29, 0.717) is 19.0 Å². The second-order valence-electron chi connectivity index (χ2n) is 5.51. The van der Waals surface area contributed by atoms with E-state index in [1.165, 1.54) is 25.5 Å². The third-order valence-electron chi connectivity index (χ3n) is 4.33. The minimum Gasteiger partial charge on any atom is -0.329 e. The van der Waals surface area contributed by atoms with Crippen molar-refractivity contribution < 1.29 is 8.42 Å². The molecule has 1 aliphatic carbocycles. The average Bonchev–Trinajstić information content (AvgIpc) is 2.26. The Balaban J connectivity index is 2.71. The molecule has 0 bridgehead atoms. The lowest BCUT2D eigenvalue weighted by Gasteiger charge is -2.48. The molecule has 0 radical (unpaired) electrons. The van der Waals surface area contributed by atoms with Crippen LogP contribution in [0.25, 0.3) is 0 Å². The predicted molar refractivity (Wildman–Crippen MR) is 71.8 cm³/mol. The number of rotatable bonds is 5. The van der Waals surface area contributed by atoms with Gasteiger partial charge < -0.3 is 5.73 Å². The average molecular weight is 262 g/mol. The third-order valence-corrected chi connectivity index (χ3v) is 5.25. The van der Waals surface area contributed by atoms with Crippen molar-refractivity contribution in [3.63, 3.8) is 0 Å². The van der Waals surface area contributed by atoms with Crippen molar-refractivity contribution in [2.75, 3.05) is 32.1 Å². The van der Waals surface area contributed by atoms with Gasteiger partial charge in [0.05, 0.1) is 5.75 Å². The summed E-state index contributed by atoms with van der Waals surface area (Å²) in [7, 11) is -0.879. The minimum atomic E-state index is -2.89. The van der Waals surface area contributed by atoms with Crippen LogP contribution < -0.4 is 5.73 Å². The van der Waals surface area contributed by atoms with Gasteiger partial charge >= 0.3 is 0 Å². The summed E-state index contributed by atoms with van der Waals surface area (Å²) >= 11 is 0. The van der Waals surface area contributed by atoms with Gasteiger partial charge in [-0.05, 0) is 25.8 Å². The van der Waals surface area contributed by atoms with Gasteiger partial charge in [0.25, 0.3) is 0 Å². The molecule has 4 nitrogen and oxygen atoms in total. The maximum Gasteiger partial charge on any atom is 0.148 e. The molecule has 1 saturated carbocycles. The Morgan fingerprint density at radius 2 is 2.06 bits per heavy atom. The van der Waals surface area contributed by atoms with E-state index < -0.39 is 9.84 Å². The van der Waals surface area contributed by atoms with E-state index in [-0.39, 0.29) is 11.3 Å². The molecule has 0 spiro atoms. The van der Waals surface area contributed by atoms with Gasteiger partial charge in [-0.3, -0.25) is 4.90 Å². The first-order valence-corrected chi connectivity index (χ1v) is 8.47. The number of nitrogens with zero attached hydrogens (tertiary/aromatic N) is 1. The van der Waals surface area contributed by atoms with Crippen molar-refractivity contribution >= 4 is 9.84 Å². The molecule has 2 atom stereocenters. The fourth-order valence-electron chi connectivity index (χ4n) is 2.95. The summed E-state index contributed by atoms with van der Waals surface area (Å²) in [6, 6.07) is 0. The molecule has 1 rings (SSSR count). The summed E-state index contributed by atoms with van der Waals surface area (Å²) in [5.74, 6) is 0.767. The van der Waals surface area contributed by atoms with Gasteiger partial charge in [-0.25, -0.2) is 8.42 Å². The van der Waals surface area contributed by atoms with Crippen molar-refractivity contribution in [1.82, 2.24) is 4.90 Å². The normalized spacial score (nSPS) is 30.8. The Labute approximate surface area is 105 Å². The minimum absolute atomic E-state index is 0.00292. The van der Waals surface area contributed by atoms with Crippen LogP contribution in [-0.2, 0) is 9.84 Å². The van der Waals surface area contributed by atoms with Gasteiger partial charge in [0.1, 0.15) is 9.84 Å². The highest BCUT2D eigenvalue weighted by Gasteiger charge is 2.40. The fraction of sp³-hybridized carbons (Fsp3) is 1.00. The van der Waals surface area contributed by atoms with Gasteiger partial charge in [0.2, 0.25) is 0 Å². The van der Waals surface area contributed by atoms with Gasteiger partial charge in [-0.2, -0.15) is 0 Å². The predicted octanol–water partition coefficient (Wildman–Crippen LogP) is 0.870. The first kappa shape index (κ1) is 14.9. The molecule has 0 aromatic carbocycles. The zero-order chi connectivity index (χ0) is 13.1. The molecule has 2 unspecified atom stereocenters. The van der Waals surface area contributed by atoms with Crippen LogP contribution >= 0.6 is 0 Å². The quantitative estimate of drug-likeness (QED) is 0.798. The van der Waals surface area contributed by atoms with E-state index in [2.05, 4.69) is 11.8 Å². The molecule has 0 heterocycles. The largest absolute Gasteiger partial charge is 0.329 e. The van der Waals surface area contributed by atoms with Crippen LogP contribution in [0.4, 0.5) is 0 Å². The molecule has 0 aliphatic heterocycles. The number of nitrogens with two attached hydrogens (primary N) is 1. The summed E-state index contributed by atoms with van der Waals surface area (Å²) < 4.78 is 22.5. The van der Waals surface area contributed by atoms with E-state index >= 15 is 0 Å². The standard InChI is InChI=1S/C12H26N2O2S/c1-11-6-4-5-7-12(11,10-13)14(2)8-9-17(3,15)16/h11H,4-10,13H2,1-3H3. The molecular weight excluding hydrogens is 236 g/mol. The van der Waals surface area contributed by atoms with Gasteiger partial charge in [0.15, 0.2) is 0 Å². The van der Waals surface area contributed by atoms with Crippen molar-refractivity contribution in [2.45, 2.75) is 38.1 Å². The summed E-state index contributed by atoms with van der Waals surface area (Å²) in [5, 5.41) is 0. The van der Waals surface area contributed by atoms with Crippen LogP contribution in [0.15, 0.2) is 0 Å². The summed E-state index contributed by atoms with van der Waals surface area (Å²) in [6.07, 6.45) is 6.04. The molecule has 1 aliphatic rings. The van der Waals surface area contributed by atoms with E-state index in [4.69, 9.17) is 5.73 Å². The smallest absolute Gasteiger partial charge is 0.148 e. The number of hydrogen-bond acceptors (Lipinski definition) is 4. The van der Waals surface area contributed by atoms with E-state index in [1.807, 2.05) is 7.05 Å². The van der Waals surface area contributed by atoms with Crippen LogP contribution in [0.3, 0.4) is 0 Å². The zero-order valence-corrected chi connectivity index (χ0v) is 12.1. The monoisotopic (exact) mass is 262 g/mol. The van der Waals surface area contributed by atoms with E-state index in [1.54, 1.807) is 0 Å². The lowest BCUT2D eigenvalue weighted by Crippen LogP contribution is -2.58. The summed E-state index contributed by atoms with van der Waals surface area (Å²) in [4.78, 5) is 2.18. The highest BCUT2D eigenvalue weighted by Crippen LogP contribution is 2.36. The number of sulfone groups is 1. The topological polar surface area (TPSA) is 63.4 Å². The molecule has 17 heavy (non-hydrogen) atoms. The number of hydrogen-bond donors (Lipinski definition) is 1. The summed E-state index contributed by atoms with van der Waals surface area (Å²) in [6.45, 7) is 3.44. The molecule has 0 saturated heterocycles. The van der Waals surface area contributed by atoms with Crippen molar-refractivity contribution in [2.24, 2.45) is 11.7 Å². The third kappa shape index (κ3) is 3.66. The maximum absolute atomic E-state index is 11.2. The van der Waals surface area contributed by atoms with Gasteiger partial charge in [0, 0.05) is 24.9 Å². The Bertz CT molecular complexity index is 342. The highest BCUT2D eigenvalue weighted by molar-refractivity contribution is 7.90. The second-order valence-corrected chi connectivity index (χ2v) is 7.77. The second kappa shape index (κ2) is 5.67. The lowest BCUT2D eigenvalue weighted by atomic mass is 9.72. The Morgan fingerprint density at radius 1 is 1.41 bits per heavy atom. The molecule has 102 valence electrons. The van der Waals surface area contributed by atoms with Crippen LogP contribution in [0, 0.1) is 5.92 Å². The first-order chi connectivity index (χ1) is 7.82. The molecule has 0 amide bonds. The molecule has 2 N–H and O–H groups in total. The summed E-state index contributed by atoms with van der Waals surface area (Å²) in [5.41, 5.74) is 5.98. The highest BCUT2D eigenvalue weighted by atomic mass is 32.2. The van der Waals surface area contributed by atoms with Crippen molar-refractivity contribution in [1.29, 1.82) is 0 Å². The molecule has 0 aromatic rings. The maximum atomic E-state index is 11.2. The molecule has 0 aromatic heterocycles. The molecular formula is C12H26N2O2S. The fourth-order valence-corrected chi connectivity index (χ4v) is 3.55. The van der Waals surface area contributed by atoms with Crippen LogP contribution in [0.1, 0.15) is 32.6 Å². The van der Waals surface area contributed by atoms with E-state index in [9.17, 15) is 8.42 Å². The van der Waals surface area contributed by atoms with E-state index in [0.717, 1.165) is 6.42 Å². The number of likely N-dealkylation sites (N-methyl/N-ethyl adjacent to an activating group) is 1. The van der Waals surface area contributed by atoms with Crippen LogP contribution in [0.2, 0.25) is 0 Å². The Morgan fingerprint density at radius 3 is 2.53 bits per heavy atom. The van der Waals surface area contributed by atoms with Crippen LogP contribution in [0.5, 0.6) is 0 Å². The zero-order valence-electron chi connectivity index (χ0n) is 11.3. The SMILES string of the molecule is CC1CCCCC1(CN)N(C)CCS(C)(=O)=O. The van der Waals surface area contributed by atoms with Gasteiger partial charge in [-0.15, -0.1) is 0 Å². The van der Waals surface area contributed by atoms with Gasteiger partial charge in [-0.1, -0.05) is 19.8 Å². The molecule has 5 heteroatoms. The van der Waals surface area contributed by atoms with Crippen molar-refractivity contribution in [3.05, 3.63) is 0 Å². The van der Waals surface area contributed by atoms with Crippen molar-refractivity contribution in [3.8, 4) is 0 Å². The lowest BCUT2D eigenvalue weighted by molar-refractivity contribution is 0.0385. The Hall–Kier alpha value is -0.130. The first-order valence-electron chi connectivity index (χ1n) is 6.41. The molecule has 1 fully saturated rings. The Kier molecular flexibility index (Phi) is 4.98.